The van der Waals surface area contributed by atoms with Gasteiger partial charge in [-0.25, -0.2) is 0 Å². The van der Waals surface area contributed by atoms with Crippen molar-refractivity contribution in [1.29, 1.82) is 0 Å². The molecule has 5 unspecified atom stereocenters. The third-order valence-electron chi connectivity index (χ3n) is 6.23. The average molecular weight is 413 g/mol. The molecule has 1 fully saturated rings. The van der Waals surface area contributed by atoms with E-state index in [1.54, 1.807) is 21.3 Å². The predicted octanol–water partition coefficient (Wildman–Crippen LogP) is 5.18. The van der Waals surface area contributed by atoms with Crippen molar-refractivity contribution in [2.45, 2.75) is 83.8 Å². The van der Waals surface area contributed by atoms with Gasteiger partial charge < -0.3 is 18.9 Å². The summed E-state index contributed by atoms with van der Waals surface area (Å²) in [5.74, 6) is 1.70. The lowest BCUT2D eigenvalue weighted by molar-refractivity contribution is -0.131. The van der Waals surface area contributed by atoms with Crippen molar-refractivity contribution in [2.75, 3.05) is 34.5 Å². The molecule has 0 aliphatic heterocycles. The van der Waals surface area contributed by atoms with Crippen molar-refractivity contribution >= 4 is 5.78 Å². The Balaban J connectivity index is 2.80. The van der Waals surface area contributed by atoms with Crippen molar-refractivity contribution in [3.63, 3.8) is 0 Å². The molecule has 1 aliphatic carbocycles. The first-order valence-electron chi connectivity index (χ1n) is 11.4. The van der Waals surface area contributed by atoms with E-state index in [4.69, 9.17) is 18.9 Å². The Morgan fingerprint density at radius 3 is 2.17 bits per heavy atom. The van der Waals surface area contributed by atoms with Crippen LogP contribution in [0.4, 0.5) is 0 Å². The number of ether oxygens (including phenoxy) is 4. The van der Waals surface area contributed by atoms with Gasteiger partial charge in [-0.2, -0.15) is 0 Å². The van der Waals surface area contributed by atoms with Gasteiger partial charge in [0, 0.05) is 27.8 Å². The number of allylic oxidation sites excluding steroid dienone is 1. The lowest BCUT2D eigenvalue weighted by Gasteiger charge is -2.37. The molecule has 1 saturated carbocycles. The first kappa shape index (κ1) is 26.1. The van der Waals surface area contributed by atoms with Gasteiger partial charge in [-0.3, -0.25) is 4.79 Å². The minimum absolute atomic E-state index is 0.223. The van der Waals surface area contributed by atoms with E-state index in [1.165, 1.54) is 44.9 Å². The Kier molecular flexibility index (Phi) is 13.5. The number of unbranched alkanes of at least 4 members (excludes halogenated alkanes) is 3. The smallest absolute Gasteiger partial charge is 0.150 e. The van der Waals surface area contributed by atoms with Crippen molar-refractivity contribution in [1.82, 2.24) is 0 Å². The molecule has 0 radical (unpaired) electrons. The molecule has 0 aromatic heterocycles. The molecule has 1 rings (SSSR count). The number of carbonyl (C=O) groups is 1. The summed E-state index contributed by atoms with van der Waals surface area (Å²) in [5.41, 5.74) is 0. The van der Waals surface area contributed by atoms with Gasteiger partial charge in [0.25, 0.3) is 0 Å². The molecule has 0 bridgehead atoms. The second-order valence-corrected chi connectivity index (χ2v) is 8.42. The molecule has 0 heterocycles. The van der Waals surface area contributed by atoms with Crippen LogP contribution in [0, 0.1) is 17.8 Å². The first-order valence-corrected chi connectivity index (χ1v) is 11.4. The zero-order valence-corrected chi connectivity index (χ0v) is 19.4. The summed E-state index contributed by atoms with van der Waals surface area (Å²) in [6, 6.07) is 0. The number of carbonyl (C=O) groups excluding carboxylic acids is 1. The number of hydrogen-bond donors (Lipinski definition) is 0. The maximum absolute atomic E-state index is 13.0. The second-order valence-electron chi connectivity index (χ2n) is 8.42. The molecule has 0 saturated heterocycles. The van der Waals surface area contributed by atoms with Crippen LogP contribution in [-0.4, -0.2) is 52.5 Å². The molecule has 5 atom stereocenters. The quantitative estimate of drug-likeness (QED) is 0.258. The number of methoxy groups -OCH3 is 3. The molecular weight excluding hydrogens is 368 g/mol. The summed E-state index contributed by atoms with van der Waals surface area (Å²) in [6.07, 6.45) is 9.36. The molecule has 29 heavy (non-hydrogen) atoms. The number of rotatable bonds is 16. The minimum Gasteiger partial charge on any atom is -0.489 e. The zero-order valence-electron chi connectivity index (χ0n) is 19.4. The van der Waals surface area contributed by atoms with Crippen LogP contribution in [0.3, 0.4) is 0 Å². The fourth-order valence-corrected chi connectivity index (χ4v) is 4.47. The lowest BCUT2D eigenvalue weighted by Crippen LogP contribution is -2.40. The van der Waals surface area contributed by atoms with Gasteiger partial charge in [-0.15, -0.1) is 0 Å². The van der Waals surface area contributed by atoms with Gasteiger partial charge in [-0.1, -0.05) is 59.0 Å². The molecule has 5 heteroatoms. The summed E-state index contributed by atoms with van der Waals surface area (Å²) in [4.78, 5) is 13.0. The van der Waals surface area contributed by atoms with E-state index in [-0.39, 0.29) is 23.9 Å². The molecule has 0 aromatic carbocycles. The molecule has 170 valence electrons. The average Bonchev–Trinajstić information content (AvgIpc) is 2.71. The minimum atomic E-state index is -0.346. The predicted molar refractivity (Wildman–Crippen MR) is 117 cm³/mol. The van der Waals surface area contributed by atoms with Gasteiger partial charge in [0.2, 0.25) is 0 Å². The zero-order chi connectivity index (χ0) is 21.6. The fraction of sp³-hybridized carbons (Fsp3) is 0.875. The van der Waals surface area contributed by atoms with Crippen LogP contribution in [-0.2, 0) is 23.7 Å². The molecular formula is C24H44O5. The molecule has 1 aliphatic rings. The van der Waals surface area contributed by atoms with E-state index in [0.29, 0.717) is 37.2 Å². The Bertz CT molecular complexity index is 464. The highest BCUT2D eigenvalue weighted by Crippen LogP contribution is 2.40. The highest BCUT2D eigenvalue weighted by molar-refractivity contribution is 5.84. The Morgan fingerprint density at radius 2 is 1.59 bits per heavy atom. The summed E-state index contributed by atoms with van der Waals surface area (Å²) < 4.78 is 22.2. The van der Waals surface area contributed by atoms with Crippen LogP contribution in [0.1, 0.15) is 71.6 Å². The van der Waals surface area contributed by atoms with Crippen LogP contribution in [0.25, 0.3) is 0 Å². The third kappa shape index (κ3) is 8.77. The maximum atomic E-state index is 13.0. The van der Waals surface area contributed by atoms with Gasteiger partial charge >= 0.3 is 0 Å². The van der Waals surface area contributed by atoms with Crippen molar-refractivity contribution < 1.29 is 23.7 Å². The number of hydrogen-bond acceptors (Lipinski definition) is 5. The van der Waals surface area contributed by atoms with Gasteiger partial charge in [0.15, 0.2) is 0 Å². The largest absolute Gasteiger partial charge is 0.489 e. The highest BCUT2D eigenvalue weighted by atomic mass is 16.6. The second kappa shape index (κ2) is 15.0. The monoisotopic (exact) mass is 412 g/mol. The summed E-state index contributed by atoms with van der Waals surface area (Å²) in [6.45, 7) is 9.37. The highest BCUT2D eigenvalue weighted by Gasteiger charge is 2.38. The Morgan fingerprint density at radius 1 is 0.966 bits per heavy atom. The Labute approximate surface area is 178 Å². The molecule has 0 amide bonds. The summed E-state index contributed by atoms with van der Waals surface area (Å²) in [5, 5.41) is 0. The van der Waals surface area contributed by atoms with Crippen LogP contribution >= 0.6 is 0 Å². The van der Waals surface area contributed by atoms with Crippen LogP contribution in [0.2, 0.25) is 0 Å². The van der Waals surface area contributed by atoms with Crippen molar-refractivity contribution in [3.05, 3.63) is 12.3 Å². The van der Waals surface area contributed by atoms with E-state index in [2.05, 4.69) is 20.4 Å². The molecule has 5 nitrogen and oxygen atoms in total. The molecule has 0 aromatic rings. The van der Waals surface area contributed by atoms with E-state index >= 15 is 0 Å². The van der Waals surface area contributed by atoms with E-state index < -0.39 is 0 Å². The van der Waals surface area contributed by atoms with Gasteiger partial charge in [0.1, 0.15) is 18.0 Å². The maximum Gasteiger partial charge on any atom is 0.150 e. The Hall–Kier alpha value is -0.910. The standard InChI is InChI=1S/C24H44O5/c1-7-9-11-13-20-15-22(25)21(14-19(20)12-10-8-2)18(3)29-24(17-27-5)23(28-6)16-26-4/h19-21,23-24H,3,7-17H2,1-2,4-6H3. The van der Waals surface area contributed by atoms with Crippen LogP contribution in [0.5, 0.6) is 0 Å². The van der Waals surface area contributed by atoms with Crippen molar-refractivity contribution in [2.24, 2.45) is 17.8 Å². The first-order chi connectivity index (χ1) is 14.0. The fourth-order valence-electron chi connectivity index (χ4n) is 4.47. The van der Waals surface area contributed by atoms with E-state index in [9.17, 15) is 4.79 Å². The molecule has 0 spiro atoms. The third-order valence-corrected chi connectivity index (χ3v) is 6.23. The van der Waals surface area contributed by atoms with Gasteiger partial charge in [0.05, 0.1) is 24.9 Å². The lowest BCUT2D eigenvalue weighted by atomic mass is 9.69. The SMILES string of the molecule is C=C(OC(COC)C(COC)OC)C1CC(CCCC)C(CCCCC)CC1=O. The van der Waals surface area contributed by atoms with Crippen LogP contribution in [0.15, 0.2) is 12.3 Å². The van der Waals surface area contributed by atoms with Crippen molar-refractivity contribution in [3.8, 4) is 0 Å². The molecule has 0 N–H and O–H groups in total. The van der Waals surface area contributed by atoms with Crippen LogP contribution < -0.4 is 0 Å². The van der Waals surface area contributed by atoms with Gasteiger partial charge in [-0.05, 0) is 24.7 Å². The number of ketones is 1. The number of Topliss-reactive ketones (excluding diaryl/α,β-unsaturated/α-hetero) is 1. The normalized spacial score (nSPS) is 24.3. The summed E-state index contributed by atoms with van der Waals surface area (Å²) >= 11 is 0. The van der Waals surface area contributed by atoms with E-state index in [0.717, 1.165) is 6.42 Å². The summed E-state index contributed by atoms with van der Waals surface area (Å²) in [7, 11) is 4.89. The van der Waals surface area contributed by atoms with E-state index in [1.807, 2.05) is 0 Å². The topological polar surface area (TPSA) is 54.0 Å².